The minimum Gasteiger partial charge on any atom is -0.508 e. The Hall–Kier alpha value is -3.72. The highest BCUT2D eigenvalue weighted by Gasteiger charge is 2.07. The fourth-order valence-electron chi connectivity index (χ4n) is 3.06. The van der Waals surface area contributed by atoms with E-state index in [-0.39, 0.29) is 11.5 Å². The zero-order chi connectivity index (χ0) is 19.3. The van der Waals surface area contributed by atoms with Crippen molar-refractivity contribution in [3.63, 3.8) is 0 Å². The lowest BCUT2D eigenvalue weighted by atomic mass is 10.00. The summed E-state index contributed by atoms with van der Waals surface area (Å²) in [4.78, 5) is 0. The Balaban J connectivity index is 1.50. The van der Waals surface area contributed by atoms with Gasteiger partial charge in [-0.05, 0) is 52.1 Å². The normalized spacial score (nSPS) is 10.6. The van der Waals surface area contributed by atoms with Crippen molar-refractivity contribution < 1.29 is 14.9 Å². The van der Waals surface area contributed by atoms with Crippen molar-refractivity contribution in [3.8, 4) is 39.5 Å². The summed E-state index contributed by atoms with van der Waals surface area (Å²) in [7, 11) is 0. The second kappa shape index (κ2) is 7.89. The summed E-state index contributed by atoms with van der Waals surface area (Å²) in [5, 5.41) is 19.8. The highest BCUT2D eigenvalue weighted by atomic mass is 16.5. The number of hydrogen-bond donors (Lipinski definition) is 2. The second-order valence-corrected chi connectivity index (χ2v) is 6.58. The molecule has 0 spiro atoms. The molecule has 0 aromatic heterocycles. The smallest absolute Gasteiger partial charge is 0.161 e. The first-order chi connectivity index (χ1) is 13.7. The molecule has 4 rings (SSSR count). The van der Waals surface area contributed by atoms with Gasteiger partial charge in [0.2, 0.25) is 0 Å². The quantitative estimate of drug-likeness (QED) is 0.453. The molecule has 0 amide bonds. The lowest BCUT2D eigenvalue weighted by molar-refractivity contribution is 0.289. The van der Waals surface area contributed by atoms with E-state index in [9.17, 15) is 10.2 Å². The predicted octanol–water partition coefficient (Wildman–Crippen LogP) is 6.01. The Labute approximate surface area is 164 Å². The molecule has 0 heterocycles. The Morgan fingerprint density at radius 2 is 1.11 bits per heavy atom. The van der Waals surface area contributed by atoms with Crippen LogP contribution in [0.5, 0.6) is 17.2 Å². The van der Waals surface area contributed by atoms with Gasteiger partial charge in [-0.3, -0.25) is 0 Å². The van der Waals surface area contributed by atoms with E-state index in [1.165, 1.54) is 0 Å². The first-order valence-corrected chi connectivity index (χ1v) is 9.09. The topological polar surface area (TPSA) is 49.7 Å². The molecule has 4 aromatic rings. The number of ether oxygens (including phenoxy) is 1. The van der Waals surface area contributed by atoms with Gasteiger partial charge in [0.25, 0.3) is 0 Å². The first-order valence-electron chi connectivity index (χ1n) is 9.09. The van der Waals surface area contributed by atoms with Gasteiger partial charge in [-0.2, -0.15) is 0 Å². The molecule has 0 aliphatic carbocycles. The third kappa shape index (κ3) is 3.99. The van der Waals surface area contributed by atoms with Crippen molar-refractivity contribution in [2.45, 2.75) is 6.61 Å². The maximum absolute atomic E-state index is 10.3. The van der Waals surface area contributed by atoms with E-state index in [1.807, 2.05) is 72.8 Å². The van der Waals surface area contributed by atoms with Gasteiger partial charge in [-0.15, -0.1) is 0 Å². The molecule has 4 aromatic carbocycles. The van der Waals surface area contributed by atoms with Gasteiger partial charge in [0.05, 0.1) is 0 Å². The average molecular weight is 368 g/mol. The molecule has 0 saturated heterocycles. The number of hydrogen-bond acceptors (Lipinski definition) is 3. The summed E-state index contributed by atoms with van der Waals surface area (Å²) in [6, 6.07) is 30.5. The molecule has 28 heavy (non-hydrogen) atoms. The third-order valence-corrected chi connectivity index (χ3v) is 4.61. The van der Waals surface area contributed by atoms with E-state index in [0.29, 0.717) is 12.4 Å². The number of benzene rings is 4. The van der Waals surface area contributed by atoms with E-state index in [1.54, 1.807) is 24.3 Å². The van der Waals surface area contributed by atoms with Crippen LogP contribution in [0.3, 0.4) is 0 Å². The Bertz CT molecular complexity index is 1050. The van der Waals surface area contributed by atoms with Crippen molar-refractivity contribution in [1.82, 2.24) is 0 Å². The highest BCUT2D eigenvalue weighted by molar-refractivity contribution is 5.72. The number of phenolic OH excluding ortho intramolecular Hbond substituents is 2. The summed E-state index contributed by atoms with van der Waals surface area (Å²) >= 11 is 0. The summed E-state index contributed by atoms with van der Waals surface area (Å²) in [5.41, 5.74) is 5.08. The van der Waals surface area contributed by atoms with Crippen LogP contribution >= 0.6 is 0 Å². The number of aromatic hydroxyl groups is 2. The van der Waals surface area contributed by atoms with Crippen molar-refractivity contribution in [1.29, 1.82) is 0 Å². The van der Waals surface area contributed by atoms with Crippen LogP contribution in [0.4, 0.5) is 0 Å². The van der Waals surface area contributed by atoms with Gasteiger partial charge in [0.15, 0.2) is 11.5 Å². The average Bonchev–Trinajstić information content (AvgIpc) is 2.74. The number of phenols is 2. The molecule has 138 valence electrons. The fourth-order valence-corrected chi connectivity index (χ4v) is 3.06. The van der Waals surface area contributed by atoms with Crippen molar-refractivity contribution >= 4 is 0 Å². The molecule has 0 aliphatic rings. The van der Waals surface area contributed by atoms with Crippen LogP contribution in [0.15, 0.2) is 97.1 Å². The Morgan fingerprint density at radius 3 is 1.71 bits per heavy atom. The van der Waals surface area contributed by atoms with Gasteiger partial charge in [-0.1, -0.05) is 72.8 Å². The maximum Gasteiger partial charge on any atom is 0.161 e. The molecule has 0 unspecified atom stereocenters. The molecule has 0 aliphatic heterocycles. The second-order valence-electron chi connectivity index (χ2n) is 6.58. The molecule has 3 nitrogen and oxygen atoms in total. The molecule has 0 fully saturated rings. The van der Waals surface area contributed by atoms with Gasteiger partial charge < -0.3 is 14.9 Å². The van der Waals surface area contributed by atoms with Gasteiger partial charge in [0, 0.05) is 0 Å². The van der Waals surface area contributed by atoms with E-state index < -0.39 is 0 Å². The van der Waals surface area contributed by atoms with Crippen LogP contribution in [0.1, 0.15) is 5.56 Å². The molecule has 0 radical (unpaired) electrons. The predicted molar refractivity (Wildman–Crippen MR) is 111 cm³/mol. The lowest BCUT2D eigenvalue weighted by Crippen LogP contribution is -1.95. The summed E-state index contributed by atoms with van der Waals surface area (Å²) in [6.45, 7) is 0.412. The van der Waals surface area contributed by atoms with Gasteiger partial charge in [-0.25, -0.2) is 0 Å². The van der Waals surface area contributed by atoms with Crippen LogP contribution in [-0.4, -0.2) is 10.2 Å². The van der Waals surface area contributed by atoms with Crippen LogP contribution in [0.2, 0.25) is 0 Å². The standard InChI is InChI=1S/C25H20O3/c26-23-13-10-20(11-14-23)19-6-8-21(9-7-19)22-12-15-25(24(27)16-22)28-17-18-4-2-1-3-5-18/h1-16,26-27H,17H2. The van der Waals surface area contributed by atoms with Crippen LogP contribution < -0.4 is 4.74 Å². The van der Waals surface area contributed by atoms with Crippen LogP contribution in [-0.2, 0) is 6.61 Å². The van der Waals surface area contributed by atoms with Crippen LogP contribution in [0.25, 0.3) is 22.3 Å². The summed E-state index contributed by atoms with van der Waals surface area (Å²) < 4.78 is 5.73. The maximum atomic E-state index is 10.3. The SMILES string of the molecule is Oc1ccc(-c2ccc(-c3ccc(OCc4ccccc4)c(O)c3)cc2)cc1. The highest BCUT2D eigenvalue weighted by Crippen LogP contribution is 2.33. The van der Waals surface area contributed by atoms with E-state index in [2.05, 4.69) is 0 Å². The molecule has 0 atom stereocenters. The van der Waals surface area contributed by atoms with Crippen molar-refractivity contribution in [2.75, 3.05) is 0 Å². The molecule has 3 heteroatoms. The van der Waals surface area contributed by atoms with E-state index in [0.717, 1.165) is 27.8 Å². The van der Waals surface area contributed by atoms with Gasteiger partial charge in [0.1, 0.15) is 12.4 Å². The third-order valence-electron chi connectivity index (χ3n) is 4.61. The van der Waals surface area contributed by atoms with Crippen molar-refractivity contribution in [3.05, 3.63) is 103 Å². The minimum absolute atomic E-state index is 0.121. The van der Waals surface area contributed by atoms with E-state index in [4.69, 9.17) is 4.74 Å². The minimum atomic E-state index is 0.121. The molecule has 0 bridgehead atoms. The largest absolute Gasteiger partial charge is 0.508 e. The monoisotopic (exact) mass is 368 g/mol. The van der Waals surface area contributed by atoms with E-state index >= 15 is 0 Å². The fraction of sp³-hybridized carbons (Fsp3) is 0.0400. The zero-order valence-electron chi connectivity index (χ0n) is 15.2. The Kier molecular flexibility index (Phi) is 4.98. The lowest BCUT2D eigenvalue weighted by Gasteiger charge is -2.10. The van der Waals surface area contributed by atoms with Gasteiger partial charge >= 0.3 is 0 Å². The molecule has 0 saturated carbocycles. The molecular formula is C25H20O3. The summed E-state index contributed by atoms with van der Waals surface area (Å²) in [5.74, 6) is 0.842. The Morgan fingerprint density at radius 1 is 0.571 bits per heavy atom. The van der Waals surface area contributed by atoms with Crippen molar-refractivity contribution in [2.24, 2.45) is 0 Å². The molecular weight excluding hydrogens is 348 g/mol. The number of rotatable bonds is 5. The summed E-state index contributed by atoms with van der Waals surface area (Å²) in [6.07, 6.45) is 0. The zero-order valence-corrected chi connectivity index (χ0v) is 15.2. The first kappa shape index (κ1) is 17.7. The molecule has 2 N–H and O–H groups in total. The van der Waals surface area contributed by atoms with Crippen LogP contribution in [0, 0.1) is 0 Å².